The fraction of sp³-hybridized carbons (Fsp3) is 0.188. The minimum Gasteiger partial charge on any atom is -0.381 e. The van der Waals surface area contributed by atoms with Crippen LogP contribution in [0.2, 0.25) is 0 Å². The van der Waals surface area contributed by atoms with E-state index in [9.17, 15) is 0 Å². The number of hydrogen-bond donors (Lipinski definition) is 1. The minimum atomic E-state index is 0.788. The lowest BCUT2D eigenvalue weighted by atomic mass is 10.1. The summed E-state index contributed by atoms with van der Waals surface area (Å²) in [5.41, 5.74) is 6.08. The van der Waals surface area contributed by atoms with Crippen LogP contribution in [0.4, 0.5) is 5.69 Å². The van der Waals surface area contributed by atoms with Crippen LogP contribution in [0.25, 0.3) is 5.52 Å². The van der Waals surface area contributed by atoms with Gasteiger partial charge in [0.1, 0.15) is 0 Å². The van der Waals surface area contributed by atoms with Crippen LogP contribution in [0.3, 0.4) is 0 Å². The van der Waals surface area contributed by atoms with Gasteiger partial charge in [0.05, 0.1) is 11.7 Å². The lowest BCUT2D eigenvalue weighted by molar-refractivity contribution is 0.961. The topological polar surface area (TPSA) is 29.3 Å². The Kier molecular flexibility index (Phi) is 2.95. The standard InChI is InChI=1S/C16H17N3/c1-12-7-13(2)9-15(8-12)17-10-14-11-18-19-6-4-3-5-16(14)19/h3-9,11,17H,10H2,1-2H3. The van der Waals surface area contributed by atoms with Gasteiger partial charge in [-0.15, -0.1) is 0 Å². The Labute approximate surface area is 112 Å². The summed E-state index contributed by atoms with van der Waals surface area (Å²) in [6.45, 7) is 5.03. The fourth-order valence-electron chi connectivity index (χ4n) is 2.40. The number of benzene rings is 1. The second kappa shape index (κ2) is 4.76. The van der Waals surface area contributed by atoms with Crippen molar-refractivity contribution < 1.29 is 0 Å². The molecule has 19 heavy (non-hydrogen) atoms. The van der Waals surface area contributed by atoms with Crippen LogP contribution in [0, 0.1) is 13.8 Å². The zero-order chi connectivity index (χ0) is 13.2. The third kappa shape index (κ3) is 2.45. The van der Waals surface area contributed by atoms with Crippen molar-refractivity contribution in [2.24, 2.45) is 0 Å². The van der Waals surface area contributed by atoms with Gasteiger partial charge < -0.3 is 5.32 Å². The molecule has 0 saturated heterocycles. The lowest BCUT2D eigenvalue weighted by Crippen LogP contribution is -1.99. The summed E-state index contributed by atoms with van der Waals surface area (Å²) in [7, 11) is 0. The van der Waals surface area contributed by atoms with E-state index in [0.29, 0.717) is 0 Å². The van der Waals surface area contributed by atoms with Crippen molar-refractivity contribution in [3.8, 4) is 0 Å². The molecule has 0 saturated carbocycles. The smallest absolute Gasteiger partial charge is 0.0711 e. The Bertz CT molecular complexity index is 693. The van der Waals surface area contributed by atoms with E-state index in [1.54, 1.807) is 0 Å². The fourth-order valence-corrected chi connectivity index (χ4v) is 2.40. The number of nitrogens with one attached hydrogen (secondary N) is 1. The first-order valence-corrected chi connectivity index (χ1v) is 6.46. The molecule has 0 amide bonds. The van der Waals surface area contributed by atoms with Gasteiger partial charge in [0.15, 0.2) is 0 Å². The van der Waals surface area contributed by atoms with Crippen molar-refractivity contribution in [2.45, 2.75) is 20.4 Å². The first-order chi connectivity index (χ1) is 9.22. The summed E-state index contributed by atoms with van der Waals surface area (Å²) in [6.07, 6.45) is 3.89. The summed E-state index contributed by atoms with van der Waals surface area (Å²) in [5, 5.41) is 7.81. The average Bonchev–Trinajstić information content (AvgIpc) is 2.78. The minimum absolute atomic E-state index is 0.788. The molecule has 1 N–H and O–H groups in total. The first kappa shape index (κ1) is 11.8. The van der Waals surface area contributed by atoms with Crippen LogP contribution in [0.1, 0.15) is 16.7 Å². The molecule has 0 radical (unpaired) electrons. The van der Waals surface area contributed by atoms with Crippen molar-refractivity contribution in [2.75, 3.05) is 5.32 Å². The number of fused-ring (bicyclic) bond motifs is 1. The van der Waals surface area contributed by atoms with E-state index in [2.05, 4.69) is 48.5 Å². The van der Waals surface area contributed by atoms with Gasteiger partial charge in [-0.05, 0) is 49.2 Å². The van der Waals surface area contributed by atoms with E-state index < -0.39 is 0 Å². The van der Waals surface area contributed by atoms with E-state index in [1.807, 2.05) is 29.0 Å². The molecule has 3 aromatic rings. The van der Waals surface area contributed by atoms with Crippen molar-refractivity contribution in [1.29, 1.82) is 0 Å². The molecule has 3 rings (SSSR count). The maximum absolute atomic E-state index is 4.34. The molecule has 0 aliphatic carbocycles. The quantitative estimate of drug-likeness (QED) is 0.771. The molecule has 0 spiro atoms. The van der Waals surface area contributed by atoms with Crippen molar-refractivity contribution in [1.82, 2.24) is 9.61 Å². The molecule has 3 heteroatoms. The van der Waals surface area contributed by atoms with Crippen molar-refractivity contribution >= 4 is 11.2 Å². The molecular formula is C16H17N3. The van der Waals surface area contributed by atoms with Gasteiger partial charge in [0, 0.05) is 24.0 Å². The van der Waals surface area contributed by atoms with E-state index in [4.69, 9.17) is 0 Å². The molecule has 0 unspecified atom stereocenters. The van der Waals surface area contributed by atoms with E-state index in [0.717, 1.165) is 17.7 Å². The second-order valence-electron chi connectivity index (χ2n) is 4.93. The molecule has 0 aliphatic heterocycles. The van der Waals surface area contributed by atoms with Crippen LogP contribution in [0.15, 0.2) is 48.8 Å². The highest BCUT2D eigenvalue weighted by atomic mass is 15.2. The van der Waals surface area contributed by atoms with Crippen LogP contribution in [0.5, 0.6) is 0 Å². The number of aromatic nitrogens is 2. The van der Waals surface area contributed by atoms with E-state index >= 15 is 0 Å². The van der Waals surface area contributed by atoms with Gasteiger partial charge in [0.25, 0.3) is 0 Å². The number of rotatable bonds is 3. The summed E-state index contributed by atoms with van der Waals surface area (Å²) in [4.78, 5) is 0. The molecule has 0 fully saturated rings. The number of nitrogens with zero attached hydrogens (tertiary/aromatic N) is 2. The second-order valence-corrected chi connectivity index (χ2v) is 4.93. The van der Waals surface area contributed by atoms with Gasteiger partial charge in [-0.3, -0.25) is 0 Å². The molecule has 1 aromatic carbocycles. The summed E-state index contributed by atoms with van der Waals surface area (Å²) < 4.78 is 1.90. The van der Waals surface area contributed by atoms with Gasteiger partial charge in [-0.2, -0.15) is 5.10 Å². The molecule has 2 aromatic heterocycles. The number of aryl methyl sites for hydroxylation is 2. The predicted octanol–water partition coefficient (Wildman–Crippen LogP) is 3.56. The Morgan fingerprint density at radius 1 is 1.11 bits per heavy atom. The normalized spacial score (nSPS) is 10.8. The molecule has 0 atom stereocenters. The molecule has 3 nitrogen and oxygen atoms in total. The molecule has 0 aliphatic rings. The van der Waals surface area contributed by atoms with Gasteiger partial charge >= 0.3 is 0 Å². The number of anilines is 1. The highest BCUT2D eigenvalue weighted by molar-refractivity contribution is 5.56. The number of pyridine rings is 1. The molecule has 96 valence electrons. The zero-order valence-electron chi connectivity index (χ0n) is 11.2. The van der Waals surface area contributed by atoms with E-state index in [-0.39, 0.29) is 0 Å². The lowest BCUT2D eigenvalue weighted by Gasteiger charge is -2.08. The summed E-state index contributed by atoms with van der Waals surface area (Å²) in [5.74, 6) is 0. The van der Waals surface area contributed by atoms with Crippen molar-refractivity contribution in [3.63, 3.8) is 0 Å². The number of hydrogen-bond acceptors (Lipinski definition) is 2. The van der Waals surface area contributed by atoms with Crippen molar-refractivity contribution in [3.05, 3.63) is 65.5 Å². The molecule has 2 heterocycles. The maximum atomic E-state index is 4.34. The molecule has 0 bridgehead atoms. The third-order valence-corrected chi connectivity index (χ3v) is 3.21. The van der Waals surface area contributed by atoms with Gasteiger partial charge in [-0.25, -0.2) is 4.52 Å². The molecular weight excluding hydrogens is 234 g/mol. The zero-order valence-corrected chi connectivity index (χ0v) is 11.2. The van der Waals surface area contributed by atoms with Gasteiger partial charge in [0.2, 0.25) is 0 Å². The predicted molar refractivity (Wildman–Crippen MR) is 78.4 cm³/mol. The Hall–Kier alpha value is -2.29. The summed E-state index contributed by atoms with van der Waals surface area (Å²) >= 11 is 0. The van der Waals surface area contributed by atoms with Gasteiger partial charge in [-0.1, -0.05) is 12.1 Å². The Morgan fingerprint density at radius 2 is 1.89 bits per heavy atom. The third-order valence-electron chi connectivity index (χ3n) is 3.21. The van der Waals surface area contributed by atoms with Crippen LogP contribution in [-0.4, -0.2) is 9.61 Å². The van der Waals surface area contributed by atoms with Crippen LogP contribution >= 0.6 is 0 Å². The van der Waals surface area contributed by atoms with E-state index in [1.165, 1.54) is 16.7 Å². The highest BCUT2D eigenvalue weighted by Gasteiger charge is 2.03. The Balaban J connectivity index is 1.82. The highest BCUT2D eigenvalue weighted by Crippen LogP contribution is 2.16. The average molecular weight is 251 g/mol. The first-order valence-electron chi connectivity index (χ1n) is 6.46. The monoisotopic (exact) mass is 251 g/mol. The van der Waals surface area contributed by atoms with Crippen LogP contribution < -0.4 is 5.32 Å². The SMILES string of the molecule is Cc1cc(C)cc(NCc2cnn3ccccc23)c1. The maximum Gasteiger partial charge on any atom is 0.0711 e. The summed E-state index contributed by atoms with van der Waals surface area (Å²) in [6, 6.07) is 12.6. The van der Waals surface area contributed by atoms with Crippen LogP contribution in [-0.2, 0) is 6.54 Å². The largest absolute Gasteiger partial charge is 0.381 e. The Morgan fingerprint density at radius 3 is 2.68 bits per heavy atom.